The second kappa shape index (κ2) is 9.97. The molecular formula is C22H32N6O3S. The number of piperidine rings is 1. The first-order valence-electron chi connectivity index (χ1n) is 11.6. The first-order valence-corrected chi connectivity index (χ1v) is 12.4. The van der Waals surface area contributed by atoms with Gasteiger partial charge in [0.2, 0.25) is 11.8 Å². The fourth-order valence-corrected chi connectivity index (χ4v) is 5.60. The van der Waals surface area contributed by atoms with Crippen molar-refractivity contribution in [3.8, 4) is 0 Å². The molecule has 0 spiro atoms. The molecule has 0 aromatic carbocycles. The van der Waals surface area contributed by atoms with Crippen molar-refractivity contribution >= 4 is 38.6 Å². The third-order valence-electron chi connectivity index (χ3n) is 6.48. The minimum Gasteiger partial charge on any atom is -0.356 e. The van der Waals surface area contributed by atoms with Crippen LogP contribution in [-0.4, -0.2) is 52.0 Å². The van der Waals surface area contributed by atoms with Crippen LogP contribution in [-0.2, 0) is 16.1 Å². The van der Waals surface area contributed by atoms with Gasteiger partial charge in [0.1, 0.15) is 17.6 Å². The van der Waals surface area contributed by atoms with Crippen LogP contribution < -0.4 is 21.1 Å². The Labute approximate surface area is 191 Å². The molecule has 3 heterocycles. The van der Waals surface area contributed by atoms with Gasteiger partial charge in [0, 0.05) is 25.7 Å². The molecule has 2 fully saturated rings. The number of anilines is 1. The Hall–Kier alpha value is -2.49. The van der Waals surface area contributed by atoms with Crippen LogP contribution in [0.4, 0.5) is 5.13 Å². The fourth-order valence-electron chi connectivity index (χ4n) is 4.60. The summed E-state index contributed by atoms with van der Waals surface area (Å²) in [6, 6.07) is 0.193. The molecule has 0 radical (unpaired) electrons. The predicted molar refractivity (Wildman–Crippen MR) is 125 cm³/mol. The highest BCUT2D eigenvalue weighted by atomic mass is 32.1. The summed E-state index contributed by atoms with van der Waals surface area (Å²) in [7, 11) is 0. The molecule has 2 aliphatic rings. The van der Waals surface area contributed by atoms with Gasteiger partial charge in [-0.15, -0.1) is 0 Å². The molecule has 2 aromatic rings. The first-order chi connectivity index (χ1) is 15.4. The zero-order valence-corrected chi connectivity index (χ0v) is 19.6. The zero-order valence-electron chi connectivity index (χ0n) is 18.8. The standard InChI is InChI=1S/C22H32N6O3S/c1-3-23-20(30)15-5-4-10-27(11-15)22-26-19-18(32-22)21(31)28(13-24-19)12-17(29)25-16-8-6-14(2)7-9-16/h13-16H,3-12H2,1-2H3,(H,23,30)(H,25,29)/t14?,15-,16?/m0/s1. The maximum absolute atomic E-state index is 13.0. The number of fused-ring (bicyclic) bond motifs is 1. The summed E-state index contributed by atoms with van der Waals surface area (Å²) in [5.74, 6) is 0.552. The van der Waals surface area contributed by atoms with Crippen molar-refractivity contribution in [3.63, 3.8) is 0 Å². The van der Waals surface area contributed by atoms with Crippen molar-refractivity contribution in [2.24, 2.45) is 11.8 Å². The molecule has 1 aliphatic carbocycles. The van der Waals surface area contributed by atoms with Crippen molar-refractivity contribution in [1.29, 1.82) is 0 Å². The van der Waals surface area contributed by atoms with Gasteiger partial charge in [-0.25, -0.2) is 4.98 Å². The zero-order chi connectivity index (χ0) is 22.7. The van der Waals surface area contributed by atoms with E-state index in [2.05, 4.69) is 32.4 Å². The molecule has 1 atom stereocenters. The Bertz CT molecular complexity index is 1030. The smallest absolute Gasteiger partial charge is 0.273 e. The molecular weight excluding hydrogens is 428 g/mol. The monoisotopic (exact) mass is 460 g/mol. The molecule has 1 saturated carbocycles. The summed E-state index contributed by atoms with van der Waals surface area (Å²) in [5, 5.41) is 6.66. The largest absolute Gasteiger partial charge is 0.356 e. The number of thiazole rings is 1. The topological polar surface area (TPSA) is 109 Å². The molecule has 1 aliphatic heterocycles. The summed E-state index contributed by atoms with van der Waals surface area (Å²) >= 11 is 1.29. The Balaban J connectivity index is 1.45. The molecule has 2 aromatic heterocycles. The second-order valence-corrected chi connectivity index (χ2v) is 10.0. The minimum absolute atomic E-state index is 0.0377. The molecule has 32 heavy (non-hydrogen) atoms. The maximum atomic E-state index is 13.0. The molecule has 2 amide bonds. The van der Waals surface area contributed by atoms with E-state index in [4.69, 9.17) is 0 Å². The SMILES string of the molecule is CCNC(=O)[C@H]1CCCN(c2nc3ncn(CC(=O)NC4CCC(C)CC4)c(=O)c3s2)C1. The van der Waals surface area contributed by atoms with E-state index in [0.717, 1.165) is 45.1 Å². The number of nitrogens with zero attached hydrogens (tertiary/aromatic N) is 4. The van der Waals surface area contributed by atoms with Crippen molar-refractivity contribution in [1.82, 2.24) is 25.2 Å². The fraction of sp³-hybridized carbons (Fsp3) is 0.682. The molecule has 0 bridgehead atoms. The Morgan fingerprint density at radius 2 is 2.00 bits per heavy atom. The summed E-state index contributed by atoms with van der Waals surface area (Å²) in [6.45, 7) is 6.12. The van der Waals surface area contributed by atoms with Gasteiger partial charge < -0.3 is 15.5 Å². The van der Waals surface area contributed by atoms with E-state index >= 15 is 0 Å². The highest BCUT2D eigenvalue weighted by Gasteiger charge is 2.28. The Morgan fingerprint density at radius 3 is 2.75 bits per heavy atom. The van der Waals surface area contributed by atoms with Crippen molar-refractivity contribution in [2.45, 2.75) is 65.0 Å². The van der Waals surface area contributed by atoms with Gasteiger partial charge in [-0.05, 0) is 51.4 Å². The number of hydrogen-bond acceptors (Lipinski definition) is 7. The molecule has 0 unspecified atom stereocenters. The Morgan fingerprint density at radius 1 is 1.22 bits per heavy atom. The van der Waals surface area contributed by atoms with E-state index in [1.165, 1.54) is 22.2 Å². The summed E-state index contributed by atoms with van der Waals surface area (Å²) in [6.07, 6.45) is 7.39. The van der Waals surface area contributed by atoms with Gasteiger partial charge in [-0.1, -0.05) is 18.3 Å². The highest BCUT2D eigenvalue weighted by Crippen LogP contribution is 2.29. The van der Waals surface area contributed by atoms with Gasteiger partial charge in [0.05, 0.1) is 5.92 Å². The summed E-state index contributed by atoms with van der Waals surface area (Å²) in [5.41, 5.74) is 0.150. The molecule has 4 rings (SSSR count). The van der Waals surface area contributed by atoms with E-state index in [1.54, 1.807) is 0 Å². The van der Waals surface area contributed by atoms with Crippen LogP contribution in [0.1, 0.15) is 52.4 Å². The van der Waals surface area contributed by atoms with Crippen LogP contribution in [0, 0.1) is 11.8 Å². The molecule has 2 N–H and O–H groups in total. The normalized spacial score (nSPS) is 23.8. The minimum atomic E-state index is -0.247. The van der Waals surface area contributed by atoms with E-state index in [1.807, 2.05) is 6.92 Å². The first kappa shape index (κ1) is 22.7. The number of nitrogens with one attached hydrogen (secondary N) is 2. The lowest BCUT2D eigenvalue weighted by Gasteiger charge is -2.31. The lowest BCUT2D eigenvalue weighted by atomic mass is 9.87. The Kier molecular flexibility index (Phi) is 7.07. The van der Waals surface area contributed by atoms with Crippen LogP contribution in [0.15, 0.2) is 11.1 Å². The number of carbonyl (C=O) groups excluding carboxylic acids is 2. The predicted octanol–water partition coefficient (Wildman–Crippen LogP) is 1.90. The third-order valence-corrected chi connectivity index (χ3v) is 7.57. The van der Waals surface area contributed by atoms with Crippen LogP contribution in [0.25, 0.3) is 10.3 Å². The third kappa shape index (κ3) is 5.11. The summed E-state index contributed by atoms with van der Waals surface area (Å²) < 4.78 is 1.81. The number of amides is 2. The van der Waals surface area contributed by atoms with Crippen LogP contribution in [0.3, 0.4) is 0 Å². The van der Waals surface area contributed by atoms with E-state index in [0.29, 0.717) is 34.5 Å². The van der Waals surface area contributed by atoms with Crippen molar-refractivity contribution in [3.05, 3.63) is 16.7 Å². The van der Waals surface area contributed by atoms with Gasteiger partial charge in [-0.2, -0.15) is 4.98 Å². The lowest BCUT2D eigenvalue weighted by Crippen LogP contribution is -2.43. The van der Waals surface area contributed by atoms with Gasteiger partial charge >= 0.3 is 0 Å². The quantitative estimate of drug-likeness (QED) is 0.682. The van der Waals surface area contributed by atoms with Crippen molar-refractivity contribution < 1.29 is 9.59 Å². The van der Waals surface area contributed by atoms with Gasteiger partial charge in [0.25, 0.3) is 5.56 Å². The average molecular weight is 461 g/mol. The van der Waals surface area contributed by atoms with E-state index in [9.17, 15) is 14.4 Å². The number of carbonyl (C=O) groups is 2. The number of hydrogen-bond donors (Lipinski definition) is 2. The van der Waals surface area contributed by atoms with Gasteiger partial charge in [-0.3, -0.25) is 19.0 Å². The lowest BCUT2D eigenvalue weighted by molar-refractivity contribution is -0.125. The molecule has 1 saturated heterocycles. The van der Waals surface area contributed by atoms with E-state index in [-0.39, 0.29) is 35.9 Å². The molecule has 174 valence electrons. The van der Waals surface area contributed by atoms with Crippen molar-refractivity contribution in [2.75, 3.05) is 24.5 Å². The second-order valence-electron chi connectivity index (χ2n) is 9.03. The van der Waals surface area contributed by atoms with Crippen LogP contribution >= 0.6 is 11.3 Å². The summed E-state index contributed by atoms with van der Waals surface area (Å²) in [4.78, 5) is 48.7. The van der Waals surface area contributed by atoms with Crippen LogP contribution in [0.2, 0.25) is 0 Å². The number of aromatic nitrogens is 3. The van der Waals surface area contributed by atoms with Gasteiger partial charge in [0.15, 0.2) is 10.8 Å². The maximum Gasteiger partial charge on any atom is 0.273 e. The molecule has 10 heteroatoms. The highest BCUT2D eigenvalue weighted by molar-refractivity contribution is 7.22. The van der Waals surface area contributed by atoms with Crippen LogP contribution in [0.5, 0.6) is 0 Å². The average Bonchev–Trinajstić information content (AvgIpc) is 3.23. The molecule has 9 nitrogen and oxygen atoms in total. The van der Waals surface area contributed by atoms with E-state index < -0.39 is 0 Å². The number of rotatable bonds is 6.